The van der Waals surface area contributed by atoms with Crippen molar-refractivity contribution in [3.63, 3.8) is 0 Å². The first-order chi connectivity index (χ1) is 7.90. The molecular weight excluding hydrogens is 198 g/mol. The second-order valence-corrected chi connectivity index (χ2v) is 3.39. The Hall–Kier alpha value is -2.22. The van der Waals surface area contributed by atoms with Crippen LogP contribution in [-0.2, 0) is 0 Å². The highest BCUT2D eigenvalue weighted by Gasteiger charge is 1.97. The summed E-state index contributed by atoms with van der Waals surface area (Å²) >= 11 is 0. The second-order valence-electron chi connectivity index (χ2n) is 3.39. The Bertz CT molecular complexity index is 503. The molecule has 1 aromatic heterocycles. The van der Waals surface area contributed by atoms with Gasteiger partial charge < -0.3 is 0 Å². The first-order valence-corrected chi connectivity index (χ1v) is 5.08. The topological polar surface area (TPSA) is 20.9 Å². The summed E-state index contributed by atoms with van der Waals surface area (Å²) in [5.74, 6) is 0. The fourth-order valence-electron chi connectivity index (χ4n) is 1.45. The molecule has 2 heteroatoms. The molecule has 0 bridgehead atoms. The molecule has 0 fully saturated rings. The summed E-state index contributed by atoms with van der Waals surface area (Å²) in [7, 11) is 0. The van der Waals surface area contributed by atoms with Crippen molar-refractivity contribution in [1.82, 2.24) is 0 Å². The molecule has 0 aliphatic carbocycles. The fraction of sp³-hybridized carbons (Fsp3) is 0. The first kappa shape index (κ1) is 10.3. The number of carbonyl (C=O) groups excluding carboxylic acids is 1. The molecule has 1 aromatic carbocycles. The number of aromatic nitrogens is 1. The molecule has 2 aromatic rings. The summed E-state index contributed by atoms with van der Waals surface area (Å²) in [6.07, 6.45) is 8.60. The van der Waals surface area contributed by atoms with E-state index in [2.05, 4.69) is 0 Å². The van der Waals surface area contributed by atoms with Gasteiger partial charge in [0.1, 0.15) is 0 Å². The molecule has 0 aliphatic rings. The highest BCUT2D eigenvalue weighted by molar-refractivity contribution is 5.82. The Labute approximate surface area is 94.5 Å². The summed E-state index contributed by atoms with van der Waals surface area (Å²) < 4.78 is 1.93. The molecule has 2 nitrogen and oxygen atoms in total. The summed E-state index contributed by atoms with van der Waals surface area (Å²) in [5.41, 5.74) is 1.63. The lowest BCUT2D eigenvalue weighted by Gasteiger charge is -1.95. The molecule has 0 spiro atoms. The number of benzene rings is 1. The van der Waals surface area contributed by atoms with E-state index in [0.717, 1.165) is 11.8 Å². The van der Waals surface area contributed by atoms with Crippen LogP contribution in [0.5, 0.6) is 0 Å². The van der Waals surface area contributed by atoms with Crippen molar-refractivity contribution in [2.75, 3.05) is 0 Å². The van der Waals surface area contributed by atoms with Crippen molar-refractivity contribution >= 4 is 18.6 Å². The lowest BCUT2D eigenvalue weighted by Crippen LogP contribution is -2.23. The summed E-state index contributed by atoms with van der Waals surface area (Å²) in [4.78, 5) is 10.8. The van der Waals surface area contributed by atoms with Crippen molar-refractivity contribution in [3.05, 3.63) is 66.0 Å². The third-order valence-electron chi connectivity index (χ3n) is 2.29. The zero-order chi connectivity index (χ0) is 11.2. The third-order valence-corrected chi connectivity index (χ3v) is 2.29. The van der Waals surface area contributed by atoms with Crippen LogP contribution in [-0.4, -0.2) is 6.29 Å². The number of pyridine rings is 1. The van der Waals surface area contributed by atoms with E-state index >= 15 is 0 Å². The smallest absolute Gasteiger partial charge is 0.175 e. The molecule has 0 amide bonds. The van der Waals surface area contributed by atoms with Crippen molar-refractivity contribution in [3.8, 4) is 0 Å². The summed E-state index contributed by atoms with van der Waals surface area (Å²) in [6, 6.07) is 13.4. The van der Waals surface area contributed by atoms with Gasteiger partial charge in [-0.2, -0.15) is 4.57 Å². The minimum Gasteiger partial charge on any atom is -0.298 e. The van der Waals surface area contributed by atoms with Crippen LogP contribution in [0.25, 0.3) is 12.3 Å². The van der Waals surface area contributed by atoms with Crippen LogP contribution < -0.4 is 4.57 Å². The summed E-state index contributed by atoms with van der Waals surface area (Å²) in [6.45, 7) is 0. The molecule has 2 rings (SSSR count). The van der Waals surface area contributed by atoms with E-state index in [1.165, 1.54) is 0 Å². The van der Waals surface area contributed by atoms with E-state index in [-0.39, 0.29) is 0 Å². The Morgan fingerprint density at radius 3 is 2.25 bits per heavy atom. The zero-order valence-electron chi connectivity index (χ0n) is 8.78. The van der Waals surface area contributed by atoms with Crippen molar-refractivity contribution in [2.24, 2.45) is 0 Å². The van der Waals surface area contributed by atoms with Crippen LogP contribution in [0.4, 0.5) is 0 Å². The van der Waals surface area contributed by atoms with E-state index in [9.17, 15) is 4.79 Å². The molecule has 0 unspecified atom stereocenters. The molecule has 1 heterocycles. The average molecular weight is 210 g/mol. The van der Waals surface area contributed by atoms with Gasteiger partial charge in [-0.15, -0.1) is 0 Å². The maximum Gasteiger partial charge on any atom is 0.175 e. The zero-order valence-corrected chi connectivity index (χ0v) is 8.78. The quantitative estimate of drug-likeness (QED) is 0.563. The maximum atomic E-state index is 10.8. The molecule has 0 atom stereocenters. The predicted octanol–water partition coefficient (Wildman–Crippen LogP) is 2.41. The predicted molar refractivity (Wildman–Crippen MR) is 63.7 cm³/mol. The fourth-order valence-corrected chi connectivity index (χ4v) is 1.45. The largest absolute Gasteiger partial charge is 0.298 e. The van der Waals surface area contributed by atoms with Crippen LogP contribution in [0, 0.1) is 0 Å². The van der Waals surface area contributed by atoms with Gasteiger partial charge in [-0.3, -0.25) is 4.79 Å². The van der Waals surface area contributed by atoms with Crippen LogP contribution in [0.15, 0.2) is 54.9 Å². The first-order valence-electron chi connectivity index (χ1n) is 5.08. The van der Waals surface area contributed by atoms with Gasteiger partial charge in [0.2, 0.25) is 0 Å². The Morgan fingerprint density at radius 2 is 1.56 bits per heavy atom. The molecule has 0 N–H and O–H groups in total. The number of nitrogens with zero attached hydrogens (tertiary/aromatic N) is 1. The second kappa shape index (κ2) is 5.03. The van der Waals surface area contributed by atoms with Crippen LogP contribution >= 0.6 is 0 Å². The van der Waals surface area contributed by atoms with Crippen molar-refractivity contribution < 1.29 is 9.36 Å². The summed E-state index contributed by atoms with van der Waals surface area (Å²) in [5, 5.41) is 0. The number of hydrogen-bond acceptors (Lipinski definition) is 1. The molecule has 0 saturated heterocycles. The standard InChI is InChI=1S/C14H12NO/c16-12-14-7-3-2-6-13(14)8-11-15-9-4-1-5-10-15/h1-12H/q+1/b11-8+. The highest BCUT2D eigenvalue weighted by atomic mass is 16.1. The van der Waals surface area contributed by atoms with Crippen LogP contribution in [0.1, 0.15) is 15.9 Å². The highest BCUT2D eigenvalue weighted by Crippen LogP contribution is 2.07. The molecule has 0 saturated carbocycles. The normalized spacial score (nSPS) is 10.5. The lowest BCUT2D eigenvalue weighted by molar-refractivity contribution is -0.567. The van der Waals surface area contributed by atoms with Crippen LogP contribution in [0.3, 0.4) is 0 Å². The Morgan fingerprint density at radius 1 is 0.875 bits per heavy atom. The van der Waals surface area contributed by atoms with Gasteiger partial charge in [-0.25, -0.2) is 0 Å². The lowest BCUT2D eigenvalue weighted by atomic mass is 10.1. The molecule has 16 heavy (non-hydrogen) atoms. The number of hydrogen-bond donors (Lipinski definition) is 0. The van der Waals surface area contributed by atoms with Gasteiger partial charge in [0.15, 0.2) is 24.9 Å². The third kappa shape index (κ3) is 2.42. The van der Waals surface area contributed by atoms with Gasteiger partial charge in [0.25, 0.3) is 0 Å². The number of aldehydes is 1. The Kier molecular flexibility index (Phi) is 3.24. The SMILES string of the molecule is O=Cc1ccccc1/C=C/[n+]1ccccc1. The van der Waals surface area contributed by atoms with Gasteiger partial charge in [0.05, 0.1) is 0 Å². The average Bonchev–Trinajstić information content (AvgIpc) is 2.38. The van der Waals surface area contributed by atoms with Gasteiger partial charge in [-0.05, 0) is 5.56 Å². The maximum absolute atomic E-state index is 10.8. The molecular formula is C14H12NO+. The molecule has 0 aliphatic heterocycles. The van der Waals surface area contributed by atoms with Crippen molar-refractivity contribution in [2.45, 2.75) is 0 Å². The minimum absolute atomic E-state index is 0.704. The van der Waals surface area contributed by atoms with E-state index in [1.54, 1.807) is 0 Å². The van der Waals surface area contributed by atoms with E-state index in [4.69, 9.17) is 0 Å². The van der Waals surface area contributed by atoms with E-state index in [0.29, 0.717) is 5.56 Å². The number of rotatable bonds is 3. The molecule has 0 radical (unpaired) electrons. The van der Waals surface area contributed by atoms with E-state index < -0.39 is 0 Å². The van der Waals surface area contributed by atoms with Gasteiger partial charge >= 0.3 is 0 Å². The van der Waals surface area contributed by atoms with Crippen LogP contribution in [0.2, 0.25) is 0 Å². The van der Waals surface area contributed by atoms with Gasteiger partial charge in [-0.1, -0.05) is 30.3 Å². The van der Waals surface area contributed by atoms with Crippen molar-refractivity contribution in [1.29, 1.82) is 0 Å². The molecule has 78 valence electrons. The van der Waals surface area contributed by atoms with E-state index in [1.807, 2.05) is 71.7 Å². The van der Waals surface area contributed by atoms with Gasteiger partial charge in [0, 0.05) is 23.8 Å². The monoisotopic (exact) mass is 210 g/mol. The minimum atomic E-state index is 0.704. The number of carbonyl (C=O) groups is 1. The Balaban J connectivity index is 2.27.